The largest absolute Gasteiger partial charge is 0.332 e. The number of hydrogen-bond acceptors (Lipinski definition) is 3. The van der Waals surface area contributed by atoms with Crippen LogP contribution in [0.1, 0.15) is 18.1 Å². The smallest absolute Gasteiger partial charge is 0.250 e. The number of benzene rings is 2. The van der Waals surface area contributed by atoms with Crippen molar-refractivity contribution in [2.24, 2.45) is 0 Å². The first kappa shape index (κ1) is 19.3. The summed E-state index contributed by atoms with van der Waals surface area (Å²) in [6.07, 6.45) is 3.15. The zero-order valence-electron chi connectivity index (χ0n) is 14.9. The van der Waals surface area contributed by atoms with Gasteiger partial charge in [0.1, 0.15) is 0 Å². The van der Waals surface area contributed by atoms with Gasteiger partial charge < -0.3 is 10.2 Å². The van der Waals surface area contributed by atoms with Crippen LogP contribution < -0.4 is 15.5 Å². The second-order valence-corrected chi connectivity index (χ2v) is 6.22. The highest BCUT2D eigenvalue weighted by Gasteiger charge is 2.07. The standard InChI is InChI=1S/C20H21N3O2S/c1-14-7-9-16(10-8-14)11-12-19(25)22-20(26)21-17-5-4-6-18(13-17)23(3)15(2)24/h4-13H,1-3H3,(H2,21,22,25,26)/b12-11+. The van der Waals surface area contributed by atoms with Crippen molar-refractivity contribution in [3.8, 4) is 0 Å². The highest BCUT2D eigenvalue weighted by molar-refractivity contribution is 7.80. The van der Waals surface area contributed by atoms with Crippen LogP contribution in [0.4, 0.5) is 11.4 Å². The Kier molecular flexibility index (Phi) is 6.63. The molecule has 2 aromatic rings. The lowest BCUT2D eigenvalue weighted by Gasteiger charge is -2.16. The molecular weight excluding hydrogens is 346 g/mol. The molecule has 0 radical (unpaired) electrons. The van der Waals surface area contributed by atoms with Gasteiger partial charge in [-0.3, -0.25) is 14.9 Å². The number of thiocarbonyl (C=S) groups is 1. The van der Waals surface area contributed by atoms with E-state index in [0.717, 1.165) is 16.8 Å². The van der Waals surface area contributed by atoms with Crippen LogP contribution in [0.3, 0.4) is 0 Å². The number of aryl methyl sites for hydroxylation is 1. The Bertz CT molecular complexity index is 844. The fraction of sp³-hybridized carbons (Fsp3) is 0.150. The minimum absolute atomic E-state index is 0.0701. The predicted molar refractivity (Wildman–Crippen MR) is 110 cm³/mol. The van der Waals surface area contributed by atoms with Crippen molar-refractivity contribution in [1.29, 1.82) is 0 Å². The van der Waals surface area contributed by atoms with E-state index in [0.29, 0.717) is 5.69 Å². The number of hydrogen-bond donors (Lipinski definition) is 2. The third kappa shape index (κ3) is 5.82. The van der Waals surface area contributed by atoms with Crippen LogP contribution >= 0.6 is 12.2 Å². The van der Waals surface area contributed by atoms with E-state index in [1.807, 2.05) is 37.3 Å². The summed E-state index contributed by atoms with van der Waals surface area (Å²) in [5.41, 5.74) is 3.51. The average Bonchev–Trinajstić information content (AvgIpc) is 2.60. The van der Waals surface area contributed by atoms with Crippen LogP contribution in [0.2, 0.25) is 0 Å². The summed E-state index contributed by atoms with van der Waals surface area (Å²) in [4.78, 5) is 24.9. The molecule has 134 valence electrons. The molecule has 2 aromatic carbocycles. The van der Waals surface area contributed by atoms with Gasteiger partial charge in [-0.15, -0.1) is 0 Å². The minimum atomic E-state index is -0.319. The Hall–Kier alpha value is -2.99. The first-order valence-electron chi connectivity index (χ1n) is 8.06. The summed E-state index contributed by atoms with van der Waals surface area (Å²) >= 11 is 5.16. The molecule has 0 unspecified atom stereocenters. The van der Waals surface area contributed by atoms with Gasteiger partial charge in [-0.2, -0.15) is 0 Å². The summed E-state index contributed by atoms with van der Waals surface area (Å²) in [5.74, 6) is -0.389. The van der Waals surface area contributed by atoms with Gasteiger partial charge in [-0.25, -0.2) is 0 Å². The van der Waals surface area contributed by atoms with Crippen LogP contribution in [0.5, 0.6) is 0 Å². The summed E-state index contributed by atoms with van der Waals surface area (Å²) < 4.78 is 0. The Morgan fingerprint density at radius 2 is 1.81 bits per heavy atom. The van der Waals surface area contributed by atoms with E-state index in [2.05, 4.69) is 10.6 Å². The lowest BCUT2D eigenvalue weighted by Crippen LogP contribution is -2.32. The quantitative estimate of drug-likeness (QED) is 0.641. The Morgan fingerprint density at radius 1 is 1.12 bits per heavy atom. The fourth-order valence-electron chi connectivity index (χ4n) is 2.14. The maximum absolute atomic E-state index is 12.0. The SMILES string of the molecule is CC(=O)N(C)c1cccc(NC(=S)NC(=O)/C=C/c2ccc(C)cc2)c1. The van der Waals surface area contributed by atoms with Crippen LogP contribution in [0, 0.1) is 6.92 Å². The maximum Gasteiger partial charge on any atom is 0.250 e. The average molecular weight is 367 g/mol. The second-order valence-electron chi connectivity index (χ2n) is 5.82. The molecule has 0 atom stereocenters. The molecule has 0 bridgehead atoms. The molecule has 2 amide bonds. The zero-order chi connectivity index (χ0) is 19.1. The number of nitrogens with one attached hydrogen (secondary N) is 2. The number of carbonyl (C=O) groups is 2. The molecule has 2 rings (SSSR count). The Balaban J connectivity index is 1.93. The lowest BCUT2D eigenvalue weighted by molar-refractivity contribution is -0.116. The van der Waals surface area contributed by atoms with Crippen LogP contribution in [0.25, 0.3) is 6.08 Å². The number of anilines is 2. The number of carbonyl (C=O) groups excluding carboxylic acids is 2. The predicted octanol–water partition coefficient (Wildman–Crippen LogP) is 3.50. The highest BCUT2D eigenvalue weighted by Crippen LogP contribution is 2.18. The fourth-order valence-corrected chi connectivity index (χ4v) is 2.36. The molecule has 0 aliphatic carbocycles. The third-order valence-corrected chi connectivity index (χ3v) is 3.91. The van der Waals surface area contributed by atoms with E-state index in [1.54, 1.807) is 31.3 Å². The van der Waals surface area contributed by atoms with Crippen molar-refractivity contribution in [1.82, 2.24) is 5.32 Å². The highest BCUT2D eigenvalue weighted by atomic mass is 32.1. The summed E-state index contributed by atoms with van der Waals surface area (Å²) in [5, 5.41) is 5.72. The van der Waals surface area contributed by atoms with Crippen molar-refractivity contribution in [3.05, 3.63) is 65.7 Å². The van der Waals surface area contributed by atoms with Crippen molar-refractivity contribution in [2.75, 3.05) is 17.3 Å². The molecular formula is C20H21N3O2S. The van der Waals surface area contributed by atoms with Gasteiger partial charge in [0, 0.05) is 31.4 Å². The van der Waals surface area contributed by atoms with Crippen molar-refractivity contribution >= 4 is 46.6 Å². The van der Waals surface area contributed by atoms with Gasteiger partial charge in [0.2, 0.25) is 11.8 Å². The maximum atomic E-state index is 12.0. The summed E-state index contributed by atoms with van der Waals surface area (Å²) in [6, 6.07) is 15.0. The first-order chi connectivity index (χ1) is 12.3. The van der Waals surface area contributed by atoms with Crippen molar-refractivity contribution < 1.29 is 9.59 Å². The molecule has 0 aliphatic rings. The van der Waals surface area contributed by atoms with Gasteiger partial charge >= 0.3 is 0 Å². The first-order valence-corrected chi connectivity index (χ1v) is 8.47. The molecule has 0 fully saturated rings. The molecule has 6 heteroatoms. The zero-order valence-corrected chi connectivity index (χ0v) is 15.8. The summed E-state index contributed by atoms with van der Waals surface area (Å²) in [6.45, 7) is 3.50. The third-order valence-electron chi connectivity index (χ3n) is 3.70. The number of nitrogens with zero attached hydrogens (tertiary/aromatic N) is 1. The molecule has 0 aliphatic heterocycles. The molecule has 26 heavy (non-hydrogen) atoms. The normalized spacial score (nSPS) is 10.4. The molecule has 0 saturated carbocycles. The van der Waals surface area contributed by atoms with Crippen LogP contribution in [0.15, 0.2) is 54.6 Å². The van der Waals surface area contributed by atoms with Crippen LogP contribution in [-0.2, 0) is 9.59 Å². The van der Waals surface area contributed by atoms with Gasteiger partial charge in [0.15, 0.2) is 5.11 Å². The van der Waals surface area contributed by atoms with Gasteiger partial charge in [-0.1, -0.05) is 35.9 Å². The molecule has 0 saturated heterocycles. The Labute approximate surface area is 158 Å². The lowest BCUT2D eigenvalue weighted by atomic mass is 10.1. The number of amides is 2. The van der Waals surface area contributed by atoms with E-state index in [-0.39, 0.29) is 16.9 Å². The monoisotopic (exact) mass is 367 g/mol. The van der Waals surface area contributed by atoms with Crippen molar-refractivity contribution in [2.45, 2.75) is 13.8 Å². The molecule has 5 nitrogen and oxygen atoms in total. The minimum Gasteiger partial charge on any atom is -0.332 e. The summed E-state index contributed by atoms with van der Waals surface area (Å²) in [7, 11) is 1.69. The topological polar surface area (TPSA) is 61.4 Å². The van der Waals surface area contributed by atoms with E-state index in [9.17, 15) is 9.59 Å². The van der Waals surface area contributed by atoms with E-state index in [4.69, 9.17) is 12.2 Å². The van der Waals surface area contributed by atoms with E-state index >= 15 is 0 Å². The second kappa shape index (κ2) is 8.92. The molecule has 0 aromatic heterocycles. The number of rotatable bonds is 4. The van der Waals surface area contributed by atoms with Gasteiger partial charge in [-0.05, 0) is 49.0 Å². The van der Waals surface area contributed by atoms with Gasteiger partial charge in [0.05, 0.1) is 0 Å². The molecule has 0 spiro atoms. The molecule has 0 heterocycles. The Morgan fingerprint density at radius 3 is 2.46 bits per heavy atom. The van der Waals surface area contributed by atoms with Gasteiger partial charge in [0.25, 0.3) is 0 Å². The molecule has 2 N–H and O–H groups in total. The van der Waals surface area contributed by atoms with Crippen LogP contribution in [-0.4, -0.2) is 24.0 Å². The van der Waals surface area contributed by atoms with E-state index in [1.165, 1.54) is 17.9 Å². The van der Waals surface area contributed by atoms with E-state index < -0.39 is 0 Å². The van der Waals surface area contributed by atoms with Crippen molar-refractivity contribution in [3.63, 3.8) is 0 Å².